The van der Waals surface area contributed by atoms with Crippen LogP contribution in [-0.4, -0.2) is 30.4 Å². The Morgan fingerprint density at radius 1 is 1.41 bits per heavy atom. The fourth-order valence-corrected chi connectivity index (χ4v) is 3.14. The molecule has 3 atom stereocenters. The summed E-state index contributed by atoms with van der Waals surface area (Å²) in [7, 11) is 1.85. The molecule has 1 aliphatic rings. The Morgan fingerprint density at radius 3 is 2.73 bits per heavy atom. The van der Waals surface area contributed by atoms with Crippen molar-refractivity contribution in [3.63, 3.8) is 0 Å². The highest BCUT2D eigenvalue weighted by molar-refractivity contribution is 6.42. The third-order valence-electron chi connectivity index (χ3n) is 4.52. The van der Waals surface area contributed by atoms with Crippen LogP contribution in [0.3, 0.4) is 0 Å². The van der Waals surface area contributed by atoms with Gasteiger partial charge in [-0.25, -0.2) is 0 Å². The van der Waals surface area contributed by atoms with E-state index in [1.165, 1.54) is 0 Å². The van der Waals surface area contributed by atoms with Crippen molar-refractivity contribution in [3.8, 4) is 0 Å². The van der Waals surface area contributed by atoms with Crippen molar-refractivity contribution >= 4 is 29.1 Å². The zero-order chi connectivity index (χ0) is 16.4. The number of hydrogen-bond donors (Lipinski definition) is 1. The molecule has 0 aromatic heterocycles. The van der Waals surface area contributed by atoms with Gasteiger partial charge in [-0.3, -0.25) is 4.79 Å². The van der Waals surface area contributed by atoms with Gasteiger partial charge in [-0.1, -0.05) is 49.2 Å². The molecule has 5 heteroatoms. The Balaban J connectivity index is 1.91. The van der Waals surface area contributed by atoms with E-state index in [1.807, 2.05) is 19.2 Å². The molecule has 3 unspecified atom stereocenters. The molecule has 1 aliphatic carbocycles. The smallest absolute Gasteiger partial charge is 0.226 e. The van der Waals surface area contributed by atoms with Crippen LogP contribution in [0, 0.1) is 11.8 Å². The maximum Gasteiger partial charge on any atom is 0.226 e. The van der Waals surface area contributed by atoms with E-state index in [0.717, 1.165) is 18.4 Å². The van der Waals surface area contributed by atoms with Crippen molar-refractivity contribution in [2.45, 2.75) is 38.6 Å². The van der Waals surface area contributed by atoms with Crippen molar-refractivity contribution in [2.75, 3.05) is 13.6 Å². The molecule has 1 fully saturated rings. The number of halogens is 2. The average Bonchev–Trinajstić information content (AvgIpc) is 3.26. The van der Waals surface area contributed by atoms with Crippen LogP contribution >= 0.6 is 23.2 Å². The van der Waals surface area contributed by atoms with Gasteiger partial charge in [-0.05, 0) is 36.3 Å². The fourth-order valence-electron chi connectivity index (χ4n) is 2.69. The van der Waals surface area contributed by atoms with Crippen LogP contribution in [0.5, 0.6) is 0 Å². The van der Waals surface area contributed by atoms with Gasteiger partial charge in [-0.2, -0.15) is 0 Å². The van der Waals surface area contributed by atoms with Crippen LogP contribution < -0.4 is 5.73 Å². The molecular weight excluding hydrogens is 319 g/mol. The number of benzene rings is 1. The summed E-state index contributed by atoms with van der Waals surface area (Å²) in [4.78, 5) is 14.3. The van der Waals surface area contributed by atoms with E-state index in [4.69, 9.17) is 28.9 Å². The lowest BCUT2D eigenvalue weighted by Crippen LogP contribution is -2.35. The van der Waals surface area contributed by atoms with E-state index in [1.54, 1.807) is 11.0 Å². The van der Waals surface area contributed by atoms with Gasteiger partial charge >= 0.3 is 0 Å². The number of carbonyl (C=O) groups is 1. The van der Waals surface area contributed by atoms with Crippen molar-refractivity contribution < 1.29 is 4.79 Å². The molecule has 0 heterocycles. The lowest BCUT2D eigenvalue weighted by Gasteiger charge is -2.21. The molecule has 0 bridgehead atoms. The number of amides is 1. The monoisotopic (exact) mass is 342 g/mol. The number of rotatable bonds is 6. The van der Waals surface area contributed by atoms with Crippen LogP contribution in [0.15, 0.2) is 18.2 Å². The maximum atomic E-state index is 12.5. The van der Waals surface area contributed by atoms with Gasteiger partial charge in [0.15, 0.2) is 0 Å². The quantitative estimate of drug-likeness (QED) is 0.851. The van der Waals surface area contributed by atoms with Crippen molar-refractivity contribution in [1.29, 1.82) is 0 Å². The molecule has 122 valence electrons. The maximum absolute atomic E-state index is 12.5. The van der Waals surface area contributed by atoms with Gasteiger partial charge in [-0.15, -0.1) is 0 Å². The molecule has 1 saturated carbocycles. The average molecular weight is 343 g/mol. The second kappa shape index (κ2) is 7.20. The first-order valence-electron chi connectivity index (χ1n) is 7.77. The second-order valence-electron chi connectivity index (χ2n) is 6.55. The van der Waals surface area contributed by atoms with Gasteiger partial charge in [0.25, 0.3) is 0 Å². The van der Waals surface area contributed by atoms with Crippen molar-refractivity contribution in [1.82, 2.24) is 4.90 Å². The zero-order valence-electron chi connectivity index (χ0n) is 13.4. The molecule has 0 spiro atoms. The van der Waals surface area contributed by atoms with Crippen LogP contribution in [0.4, 0.5) is 0 Å². The van der Waals surface area contributed by atoms with E-state index in [9.17, 15) is 4.79 Å². The Hall–Kier alpha value is -0.770. The predicted octanol–water partition coefficient (Wildman–Crippen LogP) is 3.93. The summed E-state index contributed by atoms with van der Waals surface area (Å²) in [5.41, 5.74) is 7.03. The minimum absolute atomic E-state index is 0.0243. The Morgan fingerprint density at radius 2 is 2.09 bits per heavy atom. The lowest BCUT2D eigenvalue weighted by atomic mass is 10.0. The van der Waals surface area contributed by atoms with Gasteiger partial charge in [0.2, 0.25) is 5.91 Å². The van der Waals surface area contributed by atoms with Gasteiger partial charge in [0.1, 0.15) is 0 Å². The van der Waals surface area contributed by atoms with Crippen LogP contribution in [-0.2, 0) is 4.79 Å². The summed E-state index contributed by atoms with van der Waals surface area (Å²) in [6, 6.07) is 5.74. The van der Waals surface area contributed by atoms with Crippen LogP contribution in [0.25, 0.3) is 0 Å². The molecular formula is C17H24Cl2N2O. The fraction of sp³-hybridized carbons (Fsp3) is 0.588. The van der Waals surface area contributed by atoms with E-state index in [0.29, 0.717) is 22.5 Å². The molecule has 1 aromatic carbocycles. The van der Waals surface area contributed by atoms with Gasteiger partial charge < -0.3 is 10.6 Å². The lowest BCUT2D eigenvalue weighted by molar-refractivity contribution is -0.131. The summed E-state index contributed by atoms with van der Waals surface area (Å²) >= 11 is 12.3. The third kappa shape index (κ3) is 3.95. The van der Waals surface area contributed by atoms with Crippen LogP contribution in [0.2, 0.25) is 10.0 Å². The summed E-state index contributed by atoms with van der Waals surface area (Å²) < 4.78 is 0. The zero-order valence-corrected chi connectivity index (χ0v) is 14.9. The minimum Gasteiger partial charge on any atom is -0.345 e. The largest absolute Gasteiger partial charge is 0.345 e. The van der Waals surface area contributed by atoms with Gasteiger partial charge in [0, 0.05) is 25.6 Å². The highest BCUT2D eigenvalue weighted by atomic mass is 35.5. The number of hydrogen-bond acceptors (Lipinski definition) is 2. The summed E-state index contributed by atoms with van der Waals surface area (Å²) in [5, 5.41) is 1.13. The Labute approximate surface area is 142 Å². The second-order valence-corrected chi connectivity index (χ2v) is 7.33. The SMILES string of the molecule is CC(C)C(N)CCN(C)C(=O)C1CC1c1cccc(Cl)c1Cl. The molecule has 2 rings (SSSR count). The molecule has 3 nitrogen and oxygen atoms in total. The van der Waals surface area contributed by atoms with E-state index < -0.39 is 0 Å². The standard InChI is InChI=1S/C17H24Cl2N2O/c1-10(2)15(20)7-8-21(3)17(22)13-9-12(13)11-5-4-6-14(18)16(11)19/h4-6,10,12-13,15H,7-9,20H2,1-3H3. The molecule has 22 heavy (non-hydrogen) atoms. The van der Waals surface area contributed by atoms with Crippen molar-refractivity contribution in [3.05, 3.63) is 33.8 Å². The first kappa shape index (κ1) is 17.6. The van der Waals surface area contributed by atoms with E-state index in [2.05, 4.69) is 13.8 Å². The normalized spacial score (nSPS) is 21.8. The molecule has 0 saturated heterocycles. The summed E-state index contributed by atoms with van der Waals surface area (Å²) in [5.74, 6) is 0.829. The summed E-state index contributed by atoms with van der Waals surface area (Å²) in [6.45, 7) is 4.90. The van der Waals surface area contributed by atoms with E-state index in [-0.39, 0.29) is 23.8 Å². The van der Waals surface area contributed by atoms with Gasteiger partial charge in [0.05, 0.1) is 10.0 Å². The first-order chi connectivity index (χ1) is 10.3. The molecule has 1 amide bonds. The van der Waals surface area contributed by atoms with Crippen LogP contribution in [0.1, 0.15) is 38.2 Å². The molecule has 0 aliphatic heterocycles. The van der Waals surface area contributed by atoms with E-state index >= 15 is 0 Å². The Bertz CT molecular complexity index is 547. The number of carbonyl (C=O) groups excluding carboxylic acids is 1. The number of nitrogens with zero attached hydrogens (tertiary/aromatic N) is 1. The number of nitrogens with two attached hydrogens (primary N) is 1. The molecule has 2 N–H and O–H groups in total. The highest BCUT2D eigenvalue weighted by Crippen LogP contribution is 2.51. The first-order valence-corrected chi connectivity index (χ1v) is 8.53. The highest BCUT2D eigenvalue weighted by Gasteiger charge is 2.46. The van der Waals surface area contributed by atoms with Crippen molar-refractivity contribution in [2.24, 2.45) is 17.6 Å². The Kier molecular flexibility index (Phi) is 5.76. The molecule has 1 aromatic rings. The predicted molar refractivity (Wildman–Crippen MR) is 92.4 cm³/mol. The summed E-state index contributed by atoms with van der Waals surface area (Å²) in [6.07, 6.45) is 1.68. The molecule has 0 radical (unpaired) electrons. The topological polar surface area (TPSA) is 46.3 Å². The minimum atomic E-state index is 0.0243. The third-order valence-corrected chi connectivity index (χ3v) is 5.35.